The van der Waals surface area contributed by atoms with Crippen molar-refractivity contribution in [1.82, 2.24) is 4.90 Å². The summed E-state index contributed by atoms with van der Waals surface area (Å²) in [4.78, 5) is 2.30. The van der Waals surface area contributed by atoms with Crippen LogP contribution in [0.3, 0.4) is 0 Å². The van der Waals surface area contributed by atoms with E-state index in [0.29, 0.717) is 12.6 Å². The summed E-state index contributed by atoms with van der Waals surface area (Å²) in [5.41, 5.74) is 6.60. The lowest BCUT2D eigenvalue weighted by Crippen LogP contribution is -2.45. The lowest BCUT2D eigenvalue weighted by molar-refractivity contribution is 0.107. The molecule has 1 fully saturated rings. The van der Waals surface area contributed by atoms with E-state index in [9.17, 15) is 8.78 Å². The van der Waals surface area contributed by atoms with Gasteiger partial charge in [0.15, 0.2) is 11.6 Å². The first-order chi connectivity index (χ1) is 8.63. The Morgan fingerprint density at radius 3 is 2.78 bits per heavy atom. The highest BCUT2D eigenvalue weighted by Gasteiger charge is 2.26. The largest absolute Gasteiger partial charge is 0.329 e. The summed E-state index contributed by atoms with van der Waals surface area (Å²) < 4.78 is 26.2. The molecule has 0 aromatic heterocycles. The number of rotatable bonds is 3. The van der Waals surface area contributed by atoms with Gasteiger partial charge in [-0.25, -0.2) is 8.78 Å². The van der Waals surface area contributed by atoms with Crippen molar-refractivity contribution in [1.29, 1.82) is 0 Å². The molecule has 1 heterocycles. The van der Waals surface area contributed by atoms with E-state index in [1.807, 2.05) is 6.92 Å². The van der Waals surface area contributed by atoms with Gasteiger partial charge in [0.1, 0.15) is 0 Å². The minimum absolute atomic E-state index is 0.0777. The first kappa shape index (κ1) is 13.4. The second kappa shape index (κ2) is 5.76. The smallest absolute Gasteiger partial charge is 0.159 e. The van der Waals surface area contributed by atoms with Crippen molar-refractivity contribution in [2.24, 2.45) is 5.73 Å². The van der Waals surface area contributed by atoms with Crippen molar-refractivity contribution < 1.29 is 8.78 Å². The van der Waals surface area contributed by atoms with Crippen LogP contribution in [0.2, 0.25) is 0 Å². The fourth-order valence-electron chi connectivity index (χ4n) is 2.75. The van der Waals surface area contributed by atoms with Crippen LogP contribution in [-0.2, 0) is 0 Å². The summed E-state index contributed by atoms with van der Waals surface area (Å²) in [5.74, 6) is -1.57. The number of hydrogen-bond acceptors (Lipinski definition) is 2. The second-order valence-corrected chi connectivity index (χ2v) is 4.97. The number of likely N-dealkylation sites (tertiary alicyclic amines) is 1. The Kier molecular flexibility index (Phi) is 4.30. The molecule has 0 saturated carbocycles. The Labute approximate surface area is 107 Å². The summed E-state index contributed by atoms with van der Waals surface area (Å²) in [6.07, 6.45) is 3.43. The van der Waals surface area contributed by atoms with Gasteiger partial charge in [-0.1, -0.05) is 12.5 Å². The third-order valence-electron chi connectivity index (χ3n) is 3.87. The first-order valence-corrected chi connectivity index (χ1v) is 6.54. The summed E-state index contributed by atoms with van der Waals surface area (Å²) in [6.45, 7) is 3.62. The van der Waals surface area contributed by atoms with Crippen LogP contribution < -0.4 is 5.73 Å². The number of halogens is 2. The Hall–Kier alpha value is -1.00. The summed E-state index contributed by atoms with van der Waals surface area (Å²) >= 11 is 0. The SMILES string of the molecule is CC(c1ccc(F)c(F)c1)N1CCCCC1CN. The molecule has 0 bridgehead atoms. The van der Waals surface area contributed by atoms with E-state index in [4.69, 9.17) is 5.73 Å². The number of nitrogens with two attached hydrogens (primary N) is 1. The molecule has 0 radical (unpaired) electrons. The highest BCUT2D eigenvalue weighted by molar-refractivity contribution is 5.21. The lowest BCUT2D eigenvalue weighted by Gasteiger charge is -2.39. The van der Waals surface area contributed by atoms with E-state index in [-0.39, 0.29) is 6.04 Å². The molecule has 2 rings (SSSR count). The number of piperidine rings is 1. The Bertz CT molecular complexity index is 409. The predicted octanol–water partition coefficient (Wildman–Crippen LogP) is 2.84. The maximum Gasteiger partial charge on any atom is 0.159 e. The molecule has 1 aromatic carbocycles. The van der Waals surface area contributed by atoms with Crippen molar-refractivity contribution in [2.45, 2.75) is 38.3 Å². The second-order valence-electron chi connectivity index (χ2n) is 4.97. The van der Waals surface area contributed by atoms with Gasteiger partial charge in [-0.2, -0.15) is 0 Å². The molecule has 2 atom stereocenters. The van der Waals surface area contributed by atoms with Crippen LogP contribution in [-0.4, -0.2) is 24.0 Å². The lowest BCUT2D eigenvalue weighted by atomic mass is 9.97. The zero-order chi connectivity index (χ0) is 13.1. The zero-order valence-corrected chi connectivity index (χ0v) is 10.7. The predicted molar refractivity (Wildman–Crippen MR) is 68.2 cm³/mol. The van der Waals surface area contributed by atoms with Gasteiger partial charge in [0, 0.05) is 18.6 Å². The number of nitrogens with zero attached hydrogens (tertiary/aromatic N) is 1. The standard InChI is InChI=1S/C14H20F2N2/c1-10(11-5-6-13(15)14(16)8-11)18-7-3-2-4-12(18)9-17/h5-6,8,10,12H,2-4,7,9,17H2,1H3. The van der Waals surface area contributed by atoms with Gasteiger partial charge in [0.25, 0.3) is 0 Å². The van der Waals surface area contributed by atoms with Crippen molar-refractivity contribution in [3.63, 3.8) is 0 Å². The fraction of sp³-hybridized carbons (Fsp3) is 0.571. The summed E-state index contributed by atoms with van der Waals surface area (Å²) in [5, 5.41) is 0. The average Bonchev–Trinajstić information content (AvgIpc) is 2.41. The third kappa shape index (κ3) is 2.70. The van der Waals surface area contributed by atoms with Crippen LogP contribution in [0.5, 0.6) is 0 Å². The summed E-state index contributed by atoms with van der Waals surface area (Å²) in [7, 11) is 0. The molecule has 0 spiro atoms. The zero-order valence-electron chi connectivity index (χ0n) is 10.7. The van der Waals surface area contributed by atoms with Gasteiger partial charge < -0.3 is 5.73 Å². The van der Waals surface area contributed by atoms with Crippen LogP contribution in [0, 0.1) is 11.6 Å². The van der Waals surface area contributed by atoms with E-state index < -0.39 is 11.6 Å². The maximum absolute atomic E-state index is 13.3. The minimum Gasteiger partial charge on any atom is -0.329 e. The van der Waals surface area contributed by atoms with Gasteiger partial charge >= 0.3 is 0 Å². The highest BCUT2D eigenvalue weighted by atomic mass is 19.2. The van der Waals surface area contributed by atoms with Crippen molar-refractivity contribution in [2.75, 3.05) is 13.1 Å². The Morgan fingerprint density at radius 1 is 1.33 bits per heavy atom. The van der Waals surface area contributed by atoms with E-state index >= 15 is 0 Å². The Morgan fingerprint density at radius 2 is 2.11 bits per heavy atom. The molecule has 0 aliphatic carbocycles. The van der Waals surface area contributed by atoms with Gasteiger partial charge in [-0.3, -0.25) is 4.90 Å². The summed E-state index contributed by atoms with van der Waals surface area (Å²) in [6, 6.07) is 4.58. The molecule has 2 N–H and O–H groups in total. The minimum atomic E-state index is -0.792. The Balaban J connectivity index is 2.18. The molecule has 0 amide bonds. The van der Waals surface area contributed by atoms with Crippen molar-refractivity contribution in [3.05, 3.63) is 35.4 Å². The van der Waals surface area contributed by atoms with Crippen LogP contribution in [0.15, 0.2) is 18.2 Å². The third-order valence-corrected chi connectivity index (χ3v) is 3.87. The molecule has 1 aliphatic heterocycles. The first-order valence-electron chi connectivity index (χ1n) is 6.54. The molecule has 2 nitrogen and oxygen atoms in total. The van der Waals surface area contributed by atoms with Crippen molar-refractivity contribution in [3.8, 4) is 0 Å². The van der Waals surface area contributed by atoms with Crippen molar-refractivity contribution >= 4 is 0 Å². The molecule has 1 aliphatic rings. The fourth-order valence-corrected chi connectivity index (χ4v) is 2.75. The molecule has 18 heavy (non-hydrogen) atoms. The molecule has 1 aromatic rings. The molecule has 1 saturated heterocycles. The average molecular weight is 254 g/mol. The molecule has 4 heteroatoms. The van der Waals surface area contributed by atoms with E-state index in [2.05, 4.69) is 4.90 Å². The topological polar surface area (TPSA) is 29.3 Å². The maximum atomic E-state index is 13.3. The van der Waals surface area contributed by atoms with E-state index in [1.54, 1.807) is 6.07 Å². The van der Waals surface area contributed by atoms with Crippen LogP contribution in [0.4, 0.5) is 8.78 Å². The highest BCUT2D eigenvalue weighted by Crippen LogP contribution is 2.28. The van der Waals surface area contributed by atoms with E-state index in [0.717, 1.165) is 24.9 Å². The number of hydrogen-bond donors (Lipinski definition) is 1. The molecule has 2 unspecified atom stereocenters. The molecular weight excluding hydrogens is 234 g/mol. The van der Waals surface area contributed by atoms with Gasteiger partial charge in [0.2, 0.25) is 0 Å². The van der Waals surface area contributed by atoms with Crippen LogP contribution in [0.25, 0.3) is 0 Å². The van der Waals surface area contributed by atoms with Gasteiger partial charge in [-0.15, -0.1) is 0 Å². The van der Waals surface area contributed by atoms with Crippen LogP contribution in [0.1, 0.15) is 37.8 Å². The monoisotopic (exact) mass is 254 g/mol. The normalized spacial score (nSPS) is 23.0. The molecular formula is C14H20F2N2. The van der Waals surface area contributed by atoms with E-state index in [1.165, 1.54) is 18.6 Å². The number of benzene rings is 1. The van der Waals surface area contributed by atoms with Gasteiger partial charge in [-0.05, 0) is 44.0 Å². The van der Waals surface area contributed by atoms with Crippen LogP contribution >= 0.6 is 0 Å². The quantitative estimate of drug-likeness (QED) is 0.898. The molecule has 100 valence electrons. The van der Waals surface area contributed by atoms with Gasteiger partial charge in [0.05, 0.1) is 0 Å².